The Kier molecular flexibility index (Phi) is 11.5. The van der Waals surface area contributed by atoms with E-state index < -0.39 is 5.60 Å². The molecule has 0 aliphatic carbocycles. The van der Waals surface area contributed by atoms with E-state index in [0.717, 1.165) is 76.1 Å². The van der Waals surface area contributed by atoms with Crippen LogP contribution in [-0.2, 0) is 31.2 Å². The highest BCUT2D eigenvalue weighted by atomic mass is 79.9. The number of hydrogen-bond donors (Lipinski definition) is 1. The lowest BCUT2D eigenvalue weighted by Gasteiger charge is -2.30. The normalized spacial score (nSPS) is 12.7. The molecule has 1 N–H and O–H groups in total. The van der Waals surface area contributed by atoms with Crippen LogP contribution in [0.1, 0.15) is 139 Å². The fourth-order valence-corrected chi connectivity index (χ4v) is 7.98. The van der Waals surface area contributed by atoms with Gasteiger partial charge >= 0.3 is 11.9 Å². The van der Waals surface area contributed by atoms with E-state index in [4.69, 9.17) is 9.47 Å². The Labute approximate surface area is 348 Å². The average Bonchev–Trinajstić information content (AvgIpc) is 3.05. The summed E-state index contributed by atoms with van der Waals surface area (Å²) >= 11 is 4.03. The van der Waals surface area contributed by atoms with Gasteiger partial charge in [0, 0.05) is 51.5 Å². The molecule has 5 rings (SSSR count). The highest BCUT2D eigenvalue weighted by Crippen LogP contribution is 2.48. The Balaban J connectivity index is 1.98. The summed E-state index contributed by atoms with van der Waals surface area (Å²) in [5.41, 5.74) is 5.91. The predicted octanol–water partition coefficient (Wildman–Crippen LogP) is 13.3. The highest BCUT2D eigenvalue weighted by Gasteiger charge is 2.31. The van der Waals surface area contributed by atoms with Crippen LogP contribution in [0.25, 0.3) is 43.8 Å². The van der Waals surface area contributed by atoms with Crippen molar-refractivity contribution in [1.82, 2.24) is 0 Å². The molecule has 5 aromatic carbocycles. The van der Waals surface area contributed by atoms with Gasteiger partial charge in [-0.2, -0.15) is 0 Å². The molecule has 0 amide bonds. The van der Waals surface area contributed by atoms with Crippen molar-refractivity contribution in [3.63, 3.8) is 0 Å². The van der Waals surface area contributed by atoms with Gasteiger partial charge in [-0.15, -0.1) is 0 Å². The first-order valence-electron chi connectivity index (χ1n) is 19.7. The maximum atomic E-state index is 12.5. The highest BCUT2D eigenvalue weighted by molar-refractivity contribution is 9.10. The molecule has 0 fully saturated rings. The number of benzene rings is 5. The van der Waals surface area contributed by atoms with Gasteiger partial charge in [0.25, 0.3) is 0 Å². The summed E-state index contributed by atoms with van der Waals surface area (Å²) in [5, 5.41) is 14.8. The van der Waals surface area contributed by atoms with Gasteiger partial charge in [0.05, 0.1) is 0 Å². The van der Waals surface area contributed by atoms with Crippen LogP contribution >= 0.6 is 15.9 Å². The van der Waals surface area contributed by atoms with Gasteiger partial charge < -0.3 is 14.6 Å². The zero-order valence-corrected chi connectivity index (χ0v) is 38.3. The molecule has 0 atom stereocenters. The lowest BCUT2D eigenvalue weighted by Crippen LogP contribution is -2.21. The quantitative estimate of drug-likeness (QED) is 0.0845. The molecule has 0 aliphatic rings. The van der Waals surface area contributed by atoms with Gasteiger partial charge in [0.1, 0.15) is 17.1 Å². The molecular formula is C51H59BrO5. The number of hydrogen-bond acceptors (Lipinski definition) is 5. The summed E-state index contributed by atoms with van der Waals surface area (Å²) in [6, 6.07) is 21.3. The fraction of sp³-hybridized carbons (Fsp3) is 0.412. The predicted molar refractivity (Wildman–Crippen MR) is 241 cm³/mol. The molecule has 6 heteroatoms. The third-order valence-corrected chi connectivity index (χ3v) is 11.0. The summed E-state index contributed by atoms with van der Waals surface area (Å²) in [5.74, 6) is 7.13. The molecule has 0 aliphatic heterocycles. The van der Waals surface area contributed by atoms with Crippen molar-refractivity contribution in [3.05, 3.63) is 93.0 Å². The minimum Gasteiger partial charge on any atom is -0.426 e. The number of ether oxygens (including phenoxy) is 2. The Morgan fingerprint density at radius 3 is 1.40 bits per heavy atom. The topological polar surface area (TPSA) is 72.8 Å². The minimum atomic E-state index is -1.25. The van der Waals surface area contributed by atoms with E-state index >= 15 is 0 Å². The fourth-order valence-electron chi connectivity index (χ4n) is 7.31. The van der Waals surface area contributed by atoms with Crippen molar-refractivity contribution in [2.75, 3.05) is 0 Å². The van der Waals surface area contributed by atoms with Crippen LogP contribution in [0.3, 0.4) is 0 Å². The number of esters is 2. The van der Waals surface area contributed by atoms with E-state index in [1.165, 1.54) is 13.8 Å². The molecule has 0 saturated carbocycles. The third-order valence-electron chi connectivity index (χ3n) is 10.1. The Morgan fingerprint density at radius 1 is 0.561 bits per heavy atom. The molecule has 0 radical (unpaired) electrons. The standard InChI is InChI=1S/C51H59BrO5/c1-29(53)56-45-39(47(3,4)5)25-32(26-40(45)48(6,7)8)31-20-21-36-38(24-31)35(22-23-51(15,16)55)43-34(18-17-19-37(43)44(36)52)33-27-41(49(9,10)11)46(57-30(2)54)42(28-33)50(12,13)14/h17-21,24-28,55H,1-16H3. The number of carbonyl (C=O) groups excluding carboxylic acids is 2. The molecule has 5 nitrogen and oxygen atoms in total. The van der Waals surface area contributed by atoms with E-state index in [-0.39, 0.29) is 33.6 Å². The second-order valence-electron chi connectivity index (χ2n) is 20.0. The van der Waals surface area contributed by atoms with E-state index in [1.807, 2.05) is 0 Å². The van der Waals surface area contributed by atoms with Crippen LogP contribution in [0, 0.1) is 11.8 Å². The summed E-state index contributed by atoms with van der Waals surface area (Å²) in [6.07, 6.45) is 0. The summed E-state index contributed by atoms with van der Waals surface area (Å²) in [6.45, 7) is 31.9. The van der Waals surface area contributed by atoms with Gasteiger partial charge in [-0.1, -0.05) is 125 Å². The second-order valence-corrected chi connectivity index (χ2v) is 20.8. The van der Waals surface area contributed by atoms with Crippen LogP contribution in [-0.4, -0.2) is 22.6 Å². The van der Waals surface area contributed by atoms with E-state index in [0.29, 0.717) is 11.5 Å². The smallest absolute Gasteiger partial charge is 0.308 e. The zero-order chi connectivity index (χ0) is 42.8. The molecule has 300 valence electrons. The molecule has 0 saturated heterocycles. The Bertz CT molecular complexity index is 2420. The molecular weight excluding hydrogens is 772 g/mol. The number of aliphatic hydroxyl groups is 1. The van der Waals surface area contributed by atoms with Gasteiger partial charge in [0.2, 0.25) is 0 Å². The van der Waals surface area contributed by atoms with Crippen LogP contribution in [0.5, 0.6) is 11.5 Å². The second kappa shape index (κ2) is 15.1. The molecule has 0 unspecified atom stereocenters. The molecule has 0 heterocycles. The SMILES string of the molecule is CC(=O)Oc1c(C(C)(C)C)cc(-c2ccc3c(Br)c4cccc(-c5cc(C(C)(C)C)c(OC(C)=O)c(C(C)(C)C)c5)c4c(C#CC(C)(C)O)c3c2)cc1C(C)(C)C. The van der Waals surface area contributed by atoms with E-state index in [9.17, 15) is 14.7 Å². The molecule has 57 heavy (non-hydrogen) atoms. The van der Waals surface area contributed by atoms with Crippen molar-refractivity contribution in [2.24, 2.45) is 0 Å². The summed E-state index contributed by atoms with van der Waals surface area (Å²) in [7, 11) is 0. The first-order chi connectivity index (χ1) is 26.0. The largest absolute Gasteiger partial charge is 0.426 e. The Morgan fingerprint density at radius 2 is 1.00 bits per heavy atom. The third kappa shape index (κ3) is 9.32. The van der Waals surface area contributed by atoms with Crippen molar-refractivity contribution < 1.29 is 24.2 Å². The van der Waals surface area contributed by atoms with Crippen molar-refractivity contribution >= 4 is 49.4 Å². The van der Waals surface area contributed by atoms with Crippen LogP contribution in [0.2, 0.25) is 0 Å². The van der Waals surface area contributed by atoms with Gasteiger partial charge in [-0.05, 0) is 120 Å². The molecule has 5 aromatic rings. The number of halogens is 1. The number of rotatable bonds is 4. The maximum Gasteiger partial charge on any atom is 0.308 e. The first-order valence-corrected chi connectivity index (χ1v) is 20.5. The van der Waals surface area contributed by atoms with E-state index in [1.54, 1.807) is 13.8 Å². The molecule has 0 bridgehead atoms. The molecule has 0 spiro atoms. The lowest BCUT2D eigenvalue weighted by molar-refractivity contribution is -0.133. The maximum absolute atomic E-state index is 12.5. The summed E-state index contributed by atoms with van der Waals surface area (Å²) in [4.78, 5) is 24.9. The van der Waals surface area contributed by atoms with Crippen molar-refractivity contribution in [1.29, 1.82) is 0 Å². The number of fused-ring (bicyclic) bond motifs is 2. The number of carbonyl (C=O) groups is 2. The zero-order valence-electron chi connectivity index (χ0n) is 36.7. The van der Waals surface area contributed by atoms with Gasteiger partial charge in [-0.25, -0.2) is 0 Å². The van der Waals surface area contributed by atoms with Crippen LogP contribution in [0.15, 0.2) is 65.1 Å². The summed E-state index contributed by atoms with van der Waals surface area (Å²) < 4.78 is 12.9. The van der Waals surface area contributed by atoms with Crippen molar-refractivity contribution in [2.45, 2.75) is 138 Å². The lowest BCUT2D eigenvalue weighted by atomic mass is 9.77. The van der Waals surface area contributed by atoms with Gasteiger partial charge in [0.15, 0.2) is 0 Å². The Hall–Kier alpha value is -4.44. The first kappa shape index (κ1) is 43.7. The molecule has 0 aromatic heterocycles. The van der Waals surface area contributed by atoms with Crippen LogP contribution < -0.4 is 9.47 Å². The average molecular weight is 832 g/mol. The minimum absolute atomic E-state index is 0.321. The van der Waals surface area contributed by atoms with Crippen LogP contribution in [0.4, 0.5) is 0 Å². The van der Waals surface area contributed by atoms with E-state index in [2.05, 4.69) is 172 Å². The monoisotopic (exact) mass is 830 g/mol. The van der Waals surface area contributed by atoms with Gasteiger partial charge in [-0.3, -0.25) is 9.59 Å². The van der Waals surface area contributed by atoms with Crippen molar-refractivity contribution in [3.8, 4) is 45.6 Å².